The van der Waals surface area contributed by atoms with Crippen molar-refractivity contribution in [2.45, 2.75) is 32.9 Å². The fraction of sp³-hybridized carbons (Fsp3) is 0.583. The molecule has 1 amide bonds. The van der Waals surface area contributed by atoms with Gasteiger partial charge in [0.25, 0.3) is 5.19 Å². The van der Waals surface area contributed by atoms with Crippen LogP contribution in [0.15, 0.2) is 0 Å². The van der Waals surface area contributed by atoms with Crippen molar-refractivity contribution < 1.29 is 19.1 Å². The fourth-order valence-corrected chi connectivity index (χ4v) is 2.50. The molecule has 0 fully saturated rings. The summed E-state index contributed by atoms with van der Waals surface area (Å²) in [7, 11) is 1.50. The zero-order chi connectivity index (χ0) is 14.2. The molecule has 2 rings (SSSR count). The van der Waals surface area contributed by atoms with Gasteiger partial charge in [-0.2, -0.15) is 0 Å². The smallest absolute Gasteiger partial charge is 0.411 e. The molecular formula is C12H16N2O4S. The number of ketones is 1. The quantitative estimate of drug-likeness (QED) is 0.789. The molecule has 1 aromatic rings. The standard InChI is InChI=1S/C12H16N2O4S/c1-12(2,3)18-11(16)14-5-7-9(8(15)6-14)19-10(13-7)17-4/h5-6H2,1-4H3. The van der Waals surface area contributed by atoms with E-state index in [0.29, 0.717) is 15.8 Å². The van der Waals surface area contributed by atoms with E-state index in [1.54, 1.807) is 20.8 Å². The van der Waals surface area contributed by atoms with E-state index in [9.17, 15) is 9.59 Å². The first kappa shape index (κ1) is 13.8. The maximum Gasteiger partial charge on any atom is 0.411 e. The topological polar surface area (TPSA) is 68.7 Å². The molecule has 0 spiro atoms. The zero-order valence-corrected chi connectivity index (χ0v) is 12.2. The molecule has 7 heteroatoms. The van der Waals surface area contributed by atoms with E-state index in [1.807, 2.05) is 0 Å². The second-order valence-corrected chi connectivity index (χ2v) is 6.18. The highest BCUT2D eigenvalue weighted by Crippen LogP contribution is 2.29. The number of aromatic nitrogens is 1. The maximum atomic E-state index is 12.0. The van der Waals surface area contributed by atoms with Crippen molar-refractivity contribution in [3.8, 4) is 5.19 Å². The Kier molecular flexibility index (Phi) is 3.49. The van der Waals surface area contributed by atoms with Crippen LogP contribution in [0.3, 0.4) is 0 Å². The number of ether oxygens (including phenoxy) is 2. The van der Waals surface area contributed by atoms with Crippen molar-refractivity contribution >= 4 is 23.2 Å². The molecule has 0 saturated heterocycles. The van der Waals surface area contributed by atoms with E-state index in [1.165, 1.54) is 23.3 Å². The molecule has 0 aromatic carbocycles. The summed E-state index contributed by atoms with van der Waals surface area (Å²) in [5, 5.41) is 0.435. The van der Waals surface area contributed by atoms with Crippen LogP contribution in [0.5, 0.6) is 5.19 Å². The van der Waals surface area contributed by atoms with Crippen LogP contribution < -0.4 is 4.74 Å². The molecule has 0 N–H and O–H groups in total. The lowest BCUT2D eigenvalue weighted by atomic mass is 10.1. The number of hydrogen-bond donors (Lipinski definition) is 0. The second-order valence-electron chi connectivity index (χ2n) is 5.22. The summed E-state index contributed by atoms with van der Waals surface area (Å²) in [4.78, 5) is 30.0. The summed E-state index contributed by atoms with van der Waals surface area (Å²) in [6.45, 7) is 5.65. The summed E-state index contributed by atoms with van der Waals surface area (Å²) < 4.78 is 10.3. The lowest BCUT2D eigenvalue weighted by Crippen LogP contribution is -2.42. The molecule has 0 aliphatic carbocycles. The lowest BCUT2D eigenvalue weighted by molar-refractivity contribution is 0.0218. The average molecular weight is 284 g/mol. The Balaban J connectivity index is 2.16. The third-order valence-electron chi connectivity index (χ3n) is 2.43. The Morgan fingerprint density at radius 3 is 2.63 bits per heavy atom. The third kappa shape index (κ3) is 3.04. The predicted molar refractivity (Wildman–Crippen MR) is 69.6 cm³/mol. The minimum atomic E-state index is -0.583. The van der Waals surface area contributed by atoms with Gasteiger partial charge >= 0.3 is 6.09 Å². The van der Waals surface area contributed by atoms with E-state index in [-0.39, 0.29) is 18.9 Å². The van der Waals surface area contributed by atoms with Crippen LogP contribution >= 0.6 is 11.3 Å². The van der Waals surface area contributed by atoms with Crippen LogP contribution in [0, 0.1) is 0 Å². The van der Waals surface area contributed by atoms with Gasteiger partial charge in [-0.15, -0.1) is 0 Å². The van der Waals surface area contributed by atoms with Gasteiger partial charge < -0.3 is 9.47 Å². The van der Waals surface area contributed by atoms with Crippen LogP contribution in [0.4, 0.5) is 4.79 Å². The molecule has 0 radical (unpaired) electrons. The Hall–Kier alpha value is -1.63. The predicted octanol–water partition coefficient (Wildman–Crippen LogP) is 2.09. The Labute approximate surface area is 115 Å². The number of amides is 1. The van der Waals surface area contributed by atoms with Gasteiger partial charge in [0, 0.05) is 0 Å². The molecule has 1 aliphatic rings. The van der Waals surface area contributed by atoms with Crippen molar-refractivity contribution in [1.82, 2.24) is 9.88 Å². The first-order valence-corrected chi connectivity index (χ1v) is 6.66. The molecule has 0 unspecified atom stereocenters. The molecule has 2 heterocycles. The Morgan fingerprint density at radius 1 is 1.37 bits per heavy atom. The van der Waals surface area contributed by atoms with Gasteiger partial charge in [0.05, 0.1) is 25.9 Å². The maximum absolute atomic E-state index is 12.0. The SMILES string of the molecule is COc1nc2c(s1)C(=O)CN(C(=O)OC(C)(C)C)C2. The third-order valence-corrected chi connectivity index (χ3v) is 3.53. The van der Waals surface area contributed by atoms with Crippen molar-refractivity contribution in [3.05, 3.63) is 10.6 Å². The van der Waals surface area contributed by atoms with E-state index >= 15 is 0 Å². The Morgan fingerprint density at radius 2 is 2.05 bits per heavy atom. The molecule has 0 atom stereocenters. The number of thiazole rings is 1. The van der Waals surface area contributed by atoms with Gasteiger partial charge in [-0.05, 0) is 20.8 Å². The summed E-state index contributed by atoms with van der Waals surface area (Å²) in [5.41, 5.74) is -0.0101. The van der Waals surface area contributed by atoms with Crippen LogP contribution in [0.2, 0.25) is 0 Å². The van der Waals surface area contributed by atoms with Crippen LogP contribution in [-0.4, -0.2) is 41.0 Å². The number of methoxy groups -OCH3 is 1. The number of hydrogen-bond acceptors (Lipinski definition) is 6. The van der Waals surface area contributed by atoms with Gasteiger partial charge in [0.2, 0.25) is 0 Å². The summed E-state index contributed by atoms with van der Waals surface area (Å²) in [6, 6.07) is 0. The average Bonchev–Trinajstić information content (AvgIpc) is 2.70. The number of carbonyl (C=O) groups excluding carboxylic acids is 2. The van der Waals surface area contributed by atoms with E-state index in [0.717, 1.165) is 0 Å². The highest BCUT2D eigenvalue weighted by Gasteiger charge is 2.32. The second kappa shape index (κ2) is 4.80. The van der Waals surface area contributed by atoms with E-state index < -0.39 is 11.7 Å². The molecule has 6 nitrogen and oxygen atoms in total. The molecule has 1 aromatic heterocycles. The fourth-order valence-electron chi connectivity index (χ4n) is 1.68. The minimum Gasteiger partial charge on any atom is -0.473 e. The van der Waals surface area contributed by atoms with Crippen LogP contribution in [0.1, 0.15) is 36.1 Å². The number of nitrogens with zero attached hydrogens (tertiary/aromatic N) is 2. The number of Topliss-reactive ketones (excluding diaryl/α,β-unsaturated/α-hetero) is 1. The molecule has 0 saturated carbocycles. The van der Waals surface area contributed by atoms with Crippen molar-refractivity contribution in [2.75, 3.05) is 13.7 Å². The van der Waals surface area contributed by atoms with E-state index in [4.69, 9.17) is 9.47 Å². The van der Waals surface area contributed by atoms with Gasteiger partial charge in [-0.3, -0.25) is 9.69 Å². The lowest BCUT2D eigenvalue weighted by Gasteiger charge is -2.28. The molecule has 1 aliphatic heterocycles. The minimum absolute atomic E-state index is 0.0211. The largest absolute Gasteiger partial charge is 0.473 e. The van der Waals surface area contributed by atoms with Crippen molar-refractivity contribution in [2.24, 2.45) is 0 Å². The van der Waals surface area contributed by atoms with Crippen molar-refractivity contribution in [1.29, 1.82) is 0 Å². The number of carbonyl (C=O) groups is 2. The summed E-state index contributed by atoms with van der Waals surface area (Å²) in [5.74, 6) is -0.132. The zero-order valence-electron chi connectivity index (χ0n) is 11.3. The highest BCUT2D eigenvalue weighted by atomic mass is 32.1. The number of fused-ring (bicyclic) bond motifs is 1. The first-order valence-electron chi connectivity index (χ1n) is 5.85. The molecule has 0 bridgehead atoms. The van der Waals surface area contributed by atoms with Gasteiger partial charge in [0.1, 0.15) is 10.5 Å². The van der Waals surface area contributed by atoms with E-state index in [2.05, 4.69) is 4.98 Å². The van der Waals surface area contributed by atoms with Crippen LogP contribution in [-0.2, 0) is 11.3 Å². The summed E-state index contributed by atoms with van der Waals surface area (Å²) >= 11 is 1.21. The highest BCUT2D eigenvalue weighted by molar-refractivity contribution is 7.15. The number of rotatable bonds is 1. The molecule has 104 valence electrons. The Bertz CT molecular complexity index is 518. The molecule has 19 heavy (non-hydrogen) atoms. The van der Waals surface area contributed by atoms with Crippen LogP contribution in [0.25, 0.3) is 0 Å². The van der Waals surface area contributed by atoms with Gasteiger partial charge in [-0.25, -0.2) is 9.78 Å². The normalized spacial score (nSPS) is 15.2. The monoisotopic (exact) mass is 284 g/mol. The van der Waals surface area contributed by atoms with Crippen molar-refractivity contribution in [3.63, 3.8) is 0 Å². The van der Waals surface area contributed by atoms with Gasteiger partial charge in [0.15, 0.2) is 5.78 Å². The summed E-state index contributed by atoms with van der Waals surface area (Å²) in [6.07, 6.45) is -0.501. The molecular weight excluding hydrogens is 268 g/mol. The first-order chi connectivity index (χ1) is 8.80. The van der Waals surface area contributed by atoms with Gasteiger partial charge in [-0.1, -0.05) is 11.3 Å².